The van der Waals surface area contributed by atoms with Crippen LogP contribution in [0.2, 0.25) is 5.02 Å². The van der Waals surface area contributed by atoms with E-state index in [9.17, 15) is 9.59 Å². The monoisotopic (exact) mass is 387 g/mol. The quantitative estimate of drug-likeness (QED) is 0.407. The number of aryl methyl sites for hydroxylation is 2. The number of carbonyl (C=O) groups is 2. The lowest BCUT2D eigenvalue weighted by Gasteiger charge is -2.08. The third-order valence-corrected chi connectivity index (χ3v) is 4.38. The Bertz CT molecular complexity index is 1040. The molecular formula is C19H18ClN3O4. The number of nitrogens with two attached hydrogens (primary N) is 1. The van der Waals surface area contributed by atoms with Crippen LogP contribution in [0.25, 0.3) is 5.82 Å². The highest BCUT2D eigenvalue weighted by Crippen LogP contribution is 2.22. The lowest BCUT2D eigenvalue weighted by atomic mass is 10.1. The van der Waals surface area contributed by atoms with Crippen LogP contribution in [0.4, 0.5) is 5.69 Å². The summed E-state index contributed by atoms with van der Waals surface area (Å²) in [5, 5.41) is 4.33. The molecule has 0 saturated carbocycles. The number of carbonyl (C=O) groups excluding carboxylic acids is 2. The zero-order valence-electron chi connectivity index (χ0n) is 15.1. The third kappa shape index (κ3) is 3.73. The van der Waals surface area contributed by atoms with Crippen molar-refractivity contribution in [2.24, 2.45) is 0 Å². The standard InChI is InChI=1S/C19H18ClN3O4/c1-10-6-14(12(3)23(10)18-7-11(2)27-22-18)17(24)9-26-19(25)15-8-13(20)4-5-16(15)21/h4-8H,9,21H2,1-3H3. The summed E-state index contributed by atoms with van der Waals surface area (Å²) in [6.45, 7) is 5.03. The highest BCUT2D eigenvalue weighted by atomic mass is 35.5. The summed E-state index contributed by atoms with van der Waals surface area (Å²) in [5.41, 5.74) is 8.06. The maximum absolute atomic E-state index is 12.6. The highest BCUT2D eigenvalue weighted by Gasteiger charge is 2.20. The number of benzene rings is 1. The molecule has 140 valence electrons. The summed E-state index contributed by atoms with van der Waals surface area (Å²) in [6.07, 6.45) is 0. The maximum atomic E-state index is 12.6. The van der Waals surface area contributed by atoms with Gasteiger partial charge in [0.2, 0.25) is 5.78 Å². The molecule has 0 spiro atoms. The van der Waals surface area contributed by atoms with E-state index in [1.54, 1.807) is 36.6 Å². The maximum Gasteiger partial charge on any atom is 0.340 e. The second-order valence-corrected chi connectivity index (χ2v) is 6.58. The van der Waals surface area contributed by atoms with Gasteiger partial charge in [0.1, 0.15) is 5.76 Å². The Labute approximate surface area is 160 Å². The fraction of sp³-hybridized carbons (Fsp3) is 0.211. The first-order chi connectivity index (χ1) is 12.8. The molecule has 2 heterocycles. The van der Waals surface area contributed by atoms with Crippen LogP contribution in [-0.2, 0) is 4.74 Å². The number of hydrogen-bond donors (Lipinski definition) is 1. The first kappa shape index (κ1) is 18.7. The normalized spacial score (nSPS) is 10.8. The van der Waals surface area contributed by atoms with Crippen LogP contribution >= 0.6 is 11.6 Å². The summed E-state index contributed by atoms with van der Waals surface area (Å²) in [4.78, 5) is 24.8. The molecule has 7 nitrogen and oxygen atoms in total. The minimum atomic E-state index is -0.704. The van der Waals surface area contributed by atoms with E-state index < -0.39 is 12.6 Å². The van der Waals surface area contributed by atoms with Gasteiger partial charge >= 0.3 is 5.97 Å². The van der Waals surface area contributed by atoms with Crippen molar-refractivity contribution in [2.45, 2.75) is 20.8 Å². The van der Waals surface area contributed by atoms with E-state index in [0.717, 1.165) is 5.69 Å². The second kappa shape index (κ2) is 7.28. The Morgan fingerprint density at radius 3 is 2.59 bits per heavy atom. The van der Waals surface area contributed by atoms with E-state index in [1.165, 1.54) is 12.1 Å². The fourth-order valence-corrected chi connectivity index (χ4v) is 3.02. The predicted octanol–water partition coefficient (Wildman–Crippen LogP) is 3.67. The first-order valence-electron chi connectivity index (χ1n) is 8.16. The molecular weight excluding hydrogens is 370 g/mol. The van der Waals surface area contributed by atoms with Crippen molar-refractivity contribution in [3.8, 4) is 5.82 Å². The smallest absolute Gasteiger partial charge is 0.340 e. The number of ether oxygens (including phenoxy) is 1. The Morgan fingerprint density at radius 2 is 1.93 bits per heavy atom. The lowest BCUT2D eigenvalue weighted by Crippen LogP contribution is -2.16. The number of esters is 1. The Morgan fingerprint density at radius 1 is 1.19 bits per heavy atom. The highest BCUT2D eigenvalue weighted by molar-refractivity contribution is 6.31. The van der Waals surface area contributed by atoms with E-state index in [4.69, 9.17) is 26.6 Å². The summed E-state index contributed by atoms with van der Waals surface area (Å²) < 4.78 is 12.0. The van der Waals surface area contributed by atoms with Gasteiger partial charge in [0, 0.05) is 33.7 Å². The molecule has 0 aliphatic carbocycles. The molecule has 3 aromatic rings. The van der Waals surface area contributed by atoms with Gasteiger partial charge in [0.15, 0.2) is 12.4 Å². The summed E-state index contributed by atoms with van der Waals surface area (Å²) >= 11 is 5.87. The second-order valence-electron chi connectivity index (χ2n) is 6.15. The van der Waals surface area contributed by atoms with Gasteiger partial charge in [-0.2, -0.15) is 0 Å². The Kier molecular flexibility index (Phi) is 5.05. The van der Waals surface area contributed by atoms with Gasteiger partial charge in [0.05, 0.1) is 5.56 Å². The van der Waals surface area contributed by atoms with Gasteiger partial charge in [-0.1, -0.05) is 16.8 Å². The topological polar surface area (TPSA) is 100 Å². The number of ketones is 1. The average Bonchev–Trinajstić information content (AvgIpc) is 3.17. The summed E-state index contributed by atoms with van der Waals surface area (Å²) in [5.74, 6) is 0.219. The number of nitrogens with zero attached hydrogens (tertiary/aromatic N) is 2. The van der Waals surface area contributed by atoms with Gasteiger partial charge in [-0.3, -0.25) is 9.36 Å². The van der Waals surface area contributed by atoms with Gasteiger partial charge in [0.25, 0.3) is 0 Å². The molecule has 0 fully saturated rings. The molecule has 2 N–H and O–H groups in total. The molecule has 0 radical (unpaired) electrons. The van der Waals surface area contributed by atoms with E-state index in [-0.39, 0.29) is 17.0 Å². The van der Waals surface area contributed by atoms with Crippen LogP contribution in [0.3, 0.4) is 0 Å². The van der Waals surface area contributed by atoms with Crippen molar-refractivity contribution >= 4 is 29.0 Å². The zero-order valence-corrected chi connectivity index (χ0v) is 15.8. The lowest BCUT2D eigenvalue weighted by molar-refractivity contribution is 0.0475. The predicted molar refractivity (Wildman–Crippen MR) is 101 cm³/mol. The molecule has 0 saturated heterocycles. The average molecular weight is 388 g/mol. The minimum Gasteiger partial charge on any atom is -0.454 e. The minimum absolute atomic E-state index is 0.124. The molecule has 0 aliphatic heterocycles. The number of halogens is 1. The molecule has 27 heavy (non-hydrogen) atoms. The van der Waals surface area contributed by atoms with Crippen LogP contribution in [0.5, 0.6) is 0 Å². The number of nitrogen functional groups attached to an aromatic ring is 1. The van der Waals surface area contributed by atoms with Crippen LogP contribution in [0.15, 0.2) is 34.9 Å². The summed E-state index contributed by atoms with van der Waals surface area (Å²) in [7, 11) is 0. The SMILES string of the molecule is Cc1cc(-n2c(C)cc(C(=O)COC(=O)c3cc(Cl)ccc3N)c2C)no1. The molecule has 3 rings (SSSR count). The summed E-state index contributed by atoms with van der Waals surface area (Å²) in [6, 6.07) is 7.98. The Hall–Kier alpha value is -3.06. The number of hydrogen-bond acceptors (Lipinski definition) is 6. The first-order valence-corrected chi connectivity index (χ1v) is 8.53. The number of Topliss-reactive ketones (excluding diaryl/α,β-unsaturated/α-hetero) is 1. The zero-order chi connectivity index (χ0) is 19.7. The molecule has 0 atom stereocenters. The van der Waals surface area contributed by atoms with Crippen LogP contribution in [-0.4, -0.2) is 28.1 Å². The molecule has 0 bridgehead atoms. The van der Waals surface area contributed by atoms with Crippen molar-refractivity contribution in [3.63, 3.8) is 0 Å². The molecule has 1 aromatic carbocycles. The fourth-order valence-electron chi connectivity index (χ4n) is 2.85. The van der Waals surface area contributed by atoms with Crippen LogP contribution < -0.4 is 5.73 Å². The molecule has 0 aliphatic rings. The van der Waals surface area contributed by atoms with E-state index in [1.807, 2.05) is 6.92 Å². The van der Waals surface area contributed by atoms with E-state index in [0.29, 0.717) is 27.9 Å². The molecule has 2 aromatic heterocycles. The van der Waals surface area contributed by atoms with Gasteiger partial charge in [-0.15, -0.1) is 0 Å². The van der Waals surface area contributed by atoms with Gasteiger partial charge in [-0.25, -0.2) is 4.79 Å². The molecule has 0 amide bonds. The van der Waals surface area contributed by atoms with Crippen LogP contribution in [0.1, 0.15) is 37.9 Å². The van der Waals surface area contributed by atoms with Gasteiger partial charge in [-0.05, 0) is 45.0 Å². The number of rotatable bonds is 5. The van der Waals surface area contributed by atoms with E-state index in [2.05, 4.69) is 5.16 Å². The van der Waals surface area contributed by atoms with Crippen molar-refractivity contribution in [2.75, 3.05) is 12.3 Å². The molecule has 0 unspecified atom stereocenters. The van der Waals surface area contributed by atoms with E-state index >= 15 is 0 Å². The van der Waals surface area contributed by atoms with Gasteiger partial charge < -0.3 is 15.0 Å². The van der Waals surface area contributed by atoms with Crippen molar-refractivity contribution in [1.29, 1.82) is 0 Å². The van der Waals surface area contributed by atoms with Crippen LogP contribution in [0, 0.1) is 20.8 Å². The largest absolute Gasteiger partial charge is 0.454 e. The molecule has 8 heteroatoms. The van der Waals surface area contributed by atoms with Crippen molar-refractivity contribution < 1.29 is 18.8 Å². The van der Waals surface area contributed by atoms with Crippen molar-refractivity contribution in [3.05, 3.63) is 63.6 Å². The Balaban J connectivity index is 1.77. The van der Waals surface area contributed by atoms with Crippen molar-refractivity contribution in [1.82, 2.24) is 9.72 Å². The number of aromatic nitrogens is 2. The number of anilines is 1. The third-order valence-electron chi connectivity index (χ3n) is 4.15.